The molecule has 0 radical (unpaired) electrons. The zero-order valence-corrected chi connectivity index (χ0v) is 17.1. The summed E-state index contributed by atoms with van der Waals surface area (Å²) >= 11 is 0. The van der Waals surface area contributed by atoms with Crippen LogP contribution in [0.4, 0.5) is 0 Å². The van der Waals surface area contributed by atoms with Gasteiger partial charge in [-0.1, -0.05) is 57.8 Å². The van der Waals surface area contributed by atoms with Crippen molar-refractivity contribution in [2.24, 2.45) is 0 Å². The first-order chi connectivity index (χ1) is 13.7. The van der Waals surface area contributed by atoms with Crippen molar-refractivity contribution < 1.29 is 9.90 Å². The number of hydrogen-bond acceptors (Lipinski definition) is 2. The van der Waals surface area contributed by atoms with Crippen molar-refractivity contribution >= 4 is 5.97 Å². The molecule has 0 unspecified atom stereocenters. The van der Waals surface area contributed by atoms with Crippen LogP contribution in [-0.2, 0) is 0 Å². The predicted octanol–water partition coefficient (Wildman–Crippen LogP) is 6.22. The molecule has 3 saturated carbocycles. The molecule has 0 aliphatic heterocycles. The highest BCUT2D eigenvalue weighted by Crippen LogP contribution is 2.46. The van der Waals surface area contributed by atoms with Gasteiger partial charge in [-0.15, -0.1) is 0 Å². The van der Waals surface area contributed by atoms with E-state index >= 15 is 0 Å². The maximum atomic E-state index is 13.0. The van der Waals surface area contributed by atoms with Crippen LogP contribution in [0.25, 0.3) is 0 Å². The van der Waals surface area contributed by atoms with E-state index in [1.807, 2.05) is 0 Å². The summed E-state index contributed by atoms with van der Waals surface area (Å²) in [6.45, 7) is 0. The summed E-state index contributed by atoms with van der Waals surface area (Å²) in [4.78, 5) is 28.3. The van der Waals surface area contributed by atoms with E-state index in [2.05, 4.69) is 4.98 Å². The van der Waals surface area contributed by atoms with Crippen LogP contribution in [0.1, 0.15) is 141 Å². The van der Waals surface area contributed by atoms with E-state index in [0.29, 0.717) is 11.8 Å². The van der Waals surface area contributed by atoms with E-state index < -0.39 is 5.97 Å². The van der Waals surface area contributed by atoms with E-state index in [1.54, 1.807) is 0 Å². The minimum absolute atomic E-state index is 0.0621. The highest BCUT2D eigenvalue weighted by molar-refractivity contribution is 5.90. The molecule has 0 spiro atoms. The summed E-state index contributed by atoms with van der Waals surface area (Å²) in [5.74, 6) is 0.0524. The minimum atomic E-state index is -1.03. The lowest BCUT2D eigenvalue weighted by atomic mass is 9.71. The summed E-state index contributed by atoms with van der Waals surface area (Å²) in [5, 5.41) is 9.98. The second kappa shape index (κ2) is 8.84. The van der Waals surface area contributed by atoms with Gasteiger partial charge in [0.1, 0.15) is 5.56 Å². The molecule has 1 aromatic rings. The van der Waals surface area contributed by atoms with Crippen LogP contribution in [0.15, 0.2) is 4.79 Å². The number of pyridine rings is 1. The van der Waals surface area contributed by atoms with Crippen LogP contribution in [0.2, 0.25) is 0 Å². The number of carbonyl (C=O) groups is 1. The largest absolute Gasteiger partial charge is 0.477 e. The van der Waals surface area contributed by atoms with Gasteiger partial charge in [-0.2, -0.15) is 0 Å². The fourth-order valence-electron chi connectivity index (χ4n) is 6.23. The molecule has 0 bridgehead atoms. The molecule has 0 aromatic carbocycles. The van der Waals surface area contributed by atoms with Crippen molar-refractivity contribution in [1.82, 2.24) is 4.98 Å². The molecule has 3 fully saturated rings. The number of H-pyrrole nitrogens is 1. The molecule has 0 atom stereocenters. The Labute approximate surface area is 168 Å². The summed E-state index contributed by atoms with van der Waals surface area (Å²) in [5.41, 5.74) is 3.06. The highest BCUT2D eigenvalue weighted by atomic mass is 16.4. The first kappa shape index (κ1) is 19.7. The monoisotopic (exact) mass is 385 g/mol. The highest BCUT2D eigenvalue weighted by Gasteiger charge is 2.34. The van der Waals surface area contributed by atoms with Gasteiger partial charge in [-0.05, 0) is 67.4 Å². The molecule has 0 amide bonds. The van der Waals surface area contributed by atoms with Crippen LogP contribution in [0.3, 0.4) is 0 Å². The van der Waals surface area contributed by atoms with Gasteiger partial charge in [0.25, 0.3) is 5.56 Å². The molecule has 0 saturated heterocycles. The van der Waals surface area contributed by atoms with E-state index in [9.17, 15) is 14.7 Å². The SMILES string of the molecule is O=C(O)c1c(C2CCCCC2)c(C2CCCCC2)c(C2CCCCC2)[nH]c1=O. The molecule has 1 aromatic heterocycles. The number of aromatic nitrogens is 1. The summed E-state index contributed by atoms with van der Waals surface area (Å²) < 4.78 is 0. The molecule has 28 heavy (non-hydrogen) atoms. The van der Waals surface area contributed by atoms with Gasteiger partial charge >= 0.3 is 5.97 Å². The normalized spacial score (nSPS) is 23.0. The third-order valence-corrected chi connectivity index (χ3v) is 7.58. The van der Waals surface area contributed by atoms with E-state index in [0.717, 1.165) is 62.6 Å². The molecule has 1 heterocycles. The van der Waals surface area contributed by atoms with Crippen LogP contribution in [-0.4, -0.2) is 16.1 Å². The predicted molar refractivity (Wildman–Crippen MR) is 112 cm³/mol. The average molecular weight is 386 g/mol. The van der Waals surface area contributed by atoms with E-state index in [1.165, 1.54) is 50.5 Å². The molecule has 3 aliphatic rings. The Bertz CT molecular complexity index is 748. The van der Waals surface area contributed by atoms with Crippen molar-refractivity contribution in [3.8, 4) is 0 Å². The van der Waals surface area contributed by atoms with Gasteiger partial charge in [-0.25, -0.2) is 4.79 Å². The van der Waals surface area contributed by atoms with Gasteiger partial charge in [-0.3, -0.25) is 4.79 Å². The Kier molecular flexibility index (Phi) is 6.22. The standard InChI is InChI=1S/C24H35NO3/c26-23-21(24(27)28)19(16-10-4-1-5-11-16)20(17-12-6-2-7-13-17)22(25-23)18-14-8-3-9-15-18/h16-18H,1-15H2,(H,25,26)(H,27,28). The lowest BCUT2D eigenvalue weighted by Crippen LogP contribution is -2.29. The molecular formula is C24H35NO3. The fourth-order valence-corrected chi connectivity index (χ4v) is 6.23. The van der Waals surface area contributed by atoms with Gasteiger partial charge in [0.15, 0.2) is 0 Å². The zero-order chi connectivity index (χ0) is 19.5. The average Bonchev–Trinajstić information content (AvgIpc) is 2.74. The smallest absolute Gasteiger partial charge is 0.341 e. The maximum Gasteiger partial charge on any atom is 0.341 e. The molecule has 4 rings (SSSR count). The molecule has 2 N–H and O–H groups in total. The number of aromatic carboxylic acids is 1. The van der Waals surface area contributed by atoms with Crippen molar-refractivity contribution in [1.29, 1.82) is 0 Å². The molecule has 3 aliphatic carbocycles. The Hall–Kier alpha value is -1.58. The first-order valence-electron chi connectivity index (χ1n) is 11.7. The van der Waals surface area contributed by atoms with Crippen LogP contribution in [0.5, 0.6) is 0 Å². The topological polar surface area (TPSA) is 70.2 Å². The zero-order valence-electron chi connectivity index (χ0n) is 17.1. The third kappa shape index (κ3) is 3.92. The van der Waals surface area contributed by atoms with Crippen LogP contribution in [0, 0.1) is 0 Å². The Balaban J connectivity index is 1.91. The molecular weight excluding hydrogens is 350 g/mol. The Morgan fingerprint density at radius 2 is 1.11 bits per heavy atom. The third-order valence-electron chi connectivity index (χ3n) is 7.58. The first-order valence-corrected chi connectivity index (χ1v) is 11.7. The number of hydrogen-bond donors (Lipinski definition) is 2. The van der Waals surface area contributed by atoms with Crippen molar-refractivity contribution in [3.05, 3.63) is 32.7 Å². The lowest BCUT2D eigenvalue weighted by Gasteiger charge is -2.34. The van der Waals surface area contributed by atoms with Crippen LogP contribution < -0.4 is 5.56 Å². The number of carboxylic acid groups (broad SMARTS) is 1. The van der Waals surface area contributed by atoms with E-state index in [-0.39, 0.29) is 17.0 Å². The summed E-state index contributed by atoms with van der Waals surface area (Å²) in [7, 11) is 0. The minimum Gasteiger partial charge on any atom is -0.477 e. The Morgan fingerprint density at radius 1 is 0.679 bits per heavy atom. The van der Waals surface area contributed by atoms with Gasteiger partial charge in [0.05, 0.1) is 0 Å². The summed E-state index contributed by atoms with van der Waals surface area (Å²) in [6.07, 6.45) is 17.6. The number of carboxylic acids is 1. The van der Waals surface area contributed by atoms with Gasteiger partial charge in [0, 0.05) is 5.69 Å². The van der Waals surface area contributed by atoms with Gasteiger partial charge in [0.2, 0.25) is 0 Å². The van der Waals surface area contributed by atoms with Crippen LogP contribution >= 0.6 is 0 Å². The molecule has 4 nitrogen and oxygen atoms in total. The maximum absolute atomic E-state index is 13.0. The second-order valence-electron chi connectivity index (χ2n) is 9.38. The summed E-state index contributed by atoms with van der Waals surface area (Å²) in [6, 6.07) is 0. The lowest BCUT2D eigenvalue weighted by molar-refractivity contribution is 0.0692. The number of rotatable bonds is 4. The van der Waals surface area contributed by atoms with Gasteiger partial charge < -0.3 is 10.1 Å². The second-order valence-corrected chi connectivity index (χ2v) is 9.38. The van der Waals surface area contributed by atoms with Crippen molar-refractivity contribution in [2.45, 2.75) is 114 Å². The van der Waals surface area contributed by atoms with E-state index in [4.69, 9.17) is 0 Å². The van der Waals surface area contributed by atoms with Crippen molar-refractivity contribution in [2.75, 3.05) is 0 Å². The molecule has 4 heteroatoms. The Morgan fingerprint density at radius 3 is 1.57 bits per heavy atom. The molecule has 154 valence electrons. The fraction of sp³-hybridized carbons (Fsp3) is 0.750. The van der Waals surface area contributed by atoms with Crippen molar-refractivity contribution in [3.63, 3.8) is 0 Å². The quantitative estimate of drug-likeness (QED) is 0.646. The number of aromatic amines is 1. The number of nitrogens with one attached hydrogen (secondary N) is 1.